The van der Waals surface area contributed by atoms with Gasteiger partial charge in [-0.15, -0.1) is 0 Å². The van der Waals surface area contributed by atoms with Gasteiger partial charge in [0.1, 0.15) is 0 Å². The highest BCUT2D eigenvalue weighted by molar-refractivity contribution is 7.88. The highest BCUT2D eigenvalue weighted by atomic mass is 32.2. The number of sulfonamides is 1. The van der Waals surface area contributed by atoms with E-state index in [0.717, 1.165) is 25.9 Å². The summed E-state index contributed by atoms with van der Waals surface area (Å²) in [5.74, 6) is 2.01. The Kier molecular flexibility index (Phi) is 6.71. The number of nitrogens with zero attached hydrogens (tertiary/aromatic N) is 4. The molecule has 2 aromatic rings. The van der Waals surface area contributed by atoms with Crippen LogP contribution in [0.4, 0.5) is 0 Å². The van der Waals surface area contributed by atoms with Crippen LogP contribution < -0.4 is 0 Å². The van der Waals surface area contributed by atoms with Crippen LogP contribution in [0.3, 0.4) is 0 Å². The summed E-state index contributed by atoms with van der Waals surface area (Å²) in [6.45, 7) is 2.48. The fraction of sp³-hybridized carbons (Fsp3) is 0.591. The van der Waals surface area contributed by atoms with Gasteiger partial charge in [-0.05, 0) is 31.2 Å². The van der Waals surface area contributed by atoms with E-state index in [1.807, 2.05) is 23.1 Å². The largest absolute Gasteiger partial charge is 0.342 e. The number of amides is 1. The molecule has 2 aliphatic heterocycles. The zero-order valence-electron chi connectivity index (χ0n) is 17.9. The van der Waals surface area contributed by atoms with Crippen LogP contribution in [-0.4, -0.2) is 66.1 Å². The average molecular weight is 447 g/mol. The quantitative estimate of drug-likeness (QED) is 0.617. The maximum Gasteiger partial charge on any atom is 0.227 e. The summed E-state index contributed by atoms with van der Waals surface area (Å²) in [5.41, 5.74) is 1.27. The van der Waals surface area contributed by atoms with E-state index in [4.69, 9.17) is 4.52 Å². The van der Waals surface area contributed by atoms with Gasteiger partial charge in [-0.1, -0.05) is 35.5 Å². The van der Waals surface area contributed by atoms with Crippen LogP contribution in [0.2, 0.25) is 0 Å². The predicted octanol–water partition coefficient (Wildman–Crippen LogP) is 2.23. The number of carbonyl (C=O) groups is 1. The second-order valence-corrected chi connectivity index (χ2v) is 10.7. The third-order valence-electron chi connectivity index (χ3n) is 6.24. The Hall–Kier alpha value is -2.26. The SMILES string of the molecule is CS(=O)(=O)N1CCC(c2noc(CC3CN(C(=O)CCCc4ccccc4)C3)n2)CC1. The topological polar surface area (TPSA) is 96.6 Å². The molecule has 1 aromatic carbocycles. The van der Waals surface area contributed by atoms with E-state index in [1.54, 1.807) is 0 Å². The lowest BCUT2D eigenvalue weighted by Gasteiger charge is -2.38. The van der Waals surface area contributed by atoms with E-state index >= 15 is 0 Å². The molecule has 2 saturated heterocycles. The Bertz CT molecular complexity index is 978. The summed E-state index contributed by atoms with van der Waals surface area (Å²) in [6.07, 6.45) is 5.73. The van der Waals surface area contributed by atoms with Gasteiger partial charge in [-0.25, -0.2) is 12.7 Å². The molecule has 0 spiro atoms. The van der Waals surface area contributed by atoms with E-state index in [9.17, 15) is 13.2 Å². The van der Waals surface area contributed by atoms with E-state index in [1.165, 1.54) is 16.1 Å². The monoisotopic (exact) mass is 446 g/mol. The first-order valence-electron chi connectivity index (χ1n) is 11.0. The maximum atomic E-state index is 12.3. The standard InChI is InChI=1S/C22H30N4O4S/c1-31(28,29)26-12-10-19(11-13-26)22-23-20(30-24-22)14-18-15-25(16-18)21(27)9-5-8-17-6-3-2-4-7-17/h2-4,6-7,18-19H,5,8-16H2,1H3. The summed E-state index contributed by atoms with van der Waals surface area (Å²) in [4.78, 5) is 18.8. The minimum atomic E-state index is -3.13. The average Bonchev–Trinajstić information content (AvgIpc) is 3.19. The van der Waals surface area contributed by atoms with E-state index in [0.29, 0.717) is 56.4 Å². The Labute approximate surface area is 183 Å². The second-order valence-electron chi connectivity index (χ2n) is 8.69. The number of likely N-dealkylation sites (tertiary alicyclic amines) is 1. The third-order valence-corrected chi connectivity index (χ3v) is 7.55. The number of piperidine rings is 1. The Morgan fingerprint density at radius 2 is 1.87 bits per heavy atom. The fourth-order valence-electron chi connectivity index (χ4n) is 4.36. The van der Waals surface area contributed by atoms with Gasteiger partial charge in [0.2, 0.25) is 21.8 Å². The molecule has 0 atom stereocenters. The van der Waals surface area contributed by atoms with Crippen LogP contribution in [0.5, 0.6) is 0 Å². The maximum absolute atomic E-state index is 12.3. The normalized spacial score (nSPS) is 18.8. The molecule has 31 heavy (non-hydrogen) atoms. The molecular formula is C22H30N4O4S. The molecule has 168 valence electrons. The molecule has 1 amide bonds. The number of aryl methyl sites for hydroxylation is 1. The highest BCUT2D eigenvalue weighted by Gasteiger charge is 2.33. The van der Waals surface area contributed by atoms with Crippen molar-refractivity contribution in [1.82, 2.24) is 19.3 Å². The van der Waals surface area contributed by atoms with Gasteiger partial charge < -0.3 is 9.42 Å². The van der Waals surface area contributed by atoms with E-state index < -0.39 is 10.0 Å². The molecule has 0 saturated carbocycles. The molecule has 4 rings (SSSR count). The number of carbonyl (C=O) groups excluding carboxylic acids is 1. The highest BCUT2D eigenvalue weighted by Crippen LogP contribution is 2.28. The van der Waals surface area contributed by atoms with Crippen molar-refractivity contribution < 1.29 is 17.7 Å². The first-order chi connectivity index (χ1) is 14.9. The van der Waals surface area contributed by atoms with Crippen LogP contribution in [0.15, 0.2) is 34.9 Å². The van der Waals surface area contributed by atoms with Crippen molar-refractivity contribution in [2.45, 2.75) is 44.4 Å². The van der Waals surface area contributed by atoms with Gasteiger partial charge in [0.15, 0.2) is 5.82 Å². The minimum absolute atomic E-state index is 0.139. The van der Waals surface area contributed by atoms with Gasteiger partial charge in [-0.3, -0.25) is 4.79 Å². The van der Waals surface area contributed by atoms with Crippen molar-refractivity contribution in [3.8, 4) is 0 Å². The molecule has 0 N–H and O–H groups in total. The van der Waals surface area contributed by atoms with E-state index in [-0.39, 0.29) is 11.8 Å². The van der Waals surface area contributed by atoms with Crippen molar-refractivity contribution in [2.75, 3.05) is 32.4 Å². The van der Waals surface area contributed by atoms with Crippen molar-refractivity contribution in [3.63, 3.8) is 0 Å². The molecule has 0 bridgehead atoms. The Morgan fingerprint density at radius 1 is 1.16 bits per heavy atom. The molecule has 1 aromatic heterocycles. The number of hydrogen-bond acceptors (Lipinski definition) is 6. The van der Waals surface area contributed by atoms with E-state index in [2.05, 4.69) is 22.3 Å². The van der Waals surface area contributed by atoms with Crippen molar-refractivity contribution in [1.29, 1.82) is 0 Å². The molecule has 0 radical (unpaired) electrons. The van der Waals surface area contributed by atoms with Gasteiger partial charge in [0.25, 0.3) is 0 Å². The summed E-state index contributed by atoms with van der Waals surface area (Å²) in [7, 11) is -3.13. The Balaban J connectivity index is 1.17. The fourth-order valence-corrected chi connectivity index (χ4v) is 5.23. The molecule has 0 aliphatic carbocycles. The van der Waals surface area contributed by atoms with Gasteiger partial charge in [0.05, 0.1) is 6.26 Å². The lowest BCUT2D eigenvalue weighted by atomic mass is 9.95. The number of benzene rings is 1. The smallest absolute Gasteiger partial charge is 0.227 e. The predicted molar refractivity (Wildman–Crippen MR) is 116 cm³/mol. The molecule has 0 unspecified atom stereocenters. The molecule has 3 heterocycles. The first-order valence-corrected chi connectivity index (χ1v) is 12.8. The van der Waals surface area contributed by atoms with Crippen molar-refractivity contribution in [3.05, 3.63) is 47.6 Å². The van der Waals surface area contributed by atoms with Gasteiger partial charge in [0, 0.05) is 50.9 Å². The number of hydrogen-bond donors (Lipinski definition) is 0. The summed E-state index contributed by atoms with van der Waals surface area (Å²) >= 11 is 0. The van der Waals surface area contributed by atoms with Crippen LogP contribution in [0.25, 0.3) is 0 Å². The lowest BCUT2D eigenvalue weighted by molar-refractivity contribution is -0.137. The summed E-state index contributed by atoms with van der Waals surface area (Å²) < 4.78 is 30.2. The molecule has 9 heteroatoms. The molecule has 8 nitrogen and oxygen atoms in total. The lowest BCUT2D eigenvalue weighted by Crippen LogP contribution is -2.50. The zero-order chi connectivity index (χ0) is 21.8. The molecule has 2 fully saturated rings. The zero-order valence-corrected chi connectivity index (χ0v) is 18.8. The molecule has 2 aliphatic rings. The van der Waals surface area contributed by atoms with Crippen LogP contribution in [0.1, 0.15) is 48.9 Å². The van der Waals surface area contributed by atoms with Gasteiger partial charge >= 0.3 is 0 Å². The van der Waals surface area contributed by atoms with Crippen molar-refractivity contribution in [2.24, 2.45) is 5.92 Å². The summed E-state index contributed by atoms with van der Waals surface area (Å²) in [5, 5.41) is 4.13. The van der Waals surface area contributed by atoms with Crippen molar-refractivity contribution >= 4 is 15.9 Å². The van der Waals surface area contributed by atoms with Crippen LogP contribution >= 0.6 is 0 Å². The Morgan fingerprint density at radius 3 is 2.55 bits per heavy atom. The van der Waals surface area contributed by atoms with Crippen LogP contribution in [0, 0.1) is 5.92 Å². The molecular weight excluding hydrogens is 416 g/mol. The second kappa shape index (κ2) is 9.48. The first kappa shape index (κ1) is 22.0. The van der Waals surface area contributed by atoms with Crippen LogP contribution in [-0.2, 0) is 27.7 Å². The minimum Gasteiger partial charge on any atom is -0.342 e. The van der Waals surface area contributed by atoms with Gasteiger partial charge in [-0.2, -0.15) is 4.98 Å². The number of aromatic nitrogens is 2. The third kappa shape index (κ3) is 5.71. The number of rotatable bonds is 8. The summed E-state index contributed by atoms with van der Waals surface area (Å²) in [6, 6.07) is 10.2.